The van der Waals surface area contributed by atoms with Gasteiger partial charge in [0.05, 0.1) is 0 Å². The van der Waals surface area contributed by atoms with Gasteiger partial charge >= 0.3 is 6.09 Å². The summed E-state index contributed by atoms with van der Waals surface area (Å²) in [6.45, 7) is 5.78. The number of nitrogens with zero attached hydrogens (tertiary/aromatic N) is 1. The Morgan fingerprint density at radius 3 is 2.56 bits per heavy atom. The Labute approximate surface area is 94.5 Å². The largest absolute Gasteiger partial charge is 0.444 e. The molecule has 1 aliphatic heterocycles. The molecular weight excluding hydrogens is 212 g/mol. The Morgan fingerprint density at radius 1 is 1.44 bits per heavy atom. The third-order valence-electron chi connectivity index (χ3n) is 2.29. The second-order valence-corrected chi connectivity index (χ2v) is 4.81. The highest BCUT2D eigenvalue weighted by Crippen LogP contribution is 2.20. The lowest BCUT2D eigenvalue weighted by atomic mass is 10.2. The van der Waals surface area contributed by atoms with E-state index in [1.54, 1.807) is 26.3 Å². The maximum absolute atomic E-state index is 11.7. The molecule has 0 saturated carbocycles. The molecular formula is C10H18N2O4. The summed E-state index contributed by atoms with van der Waals surface area (Å²) in [6.07, 6.45) is 0.766. The van der Waals surface area contributed by atoms with E-state index in [2.05, 4.69) is 0 Å². The Morgan fingerprint density at radius 2 is 2.06 bits per heavy atom. The van der Waals surface area contributed by atoms with Crippen molar-refractivity contribution in [1.82, 2.24) is 10.4 Å². The smallest absolute Gasteiger partial charge is 0.410 e. The van der Waals surface area contributed by atoms with Gasteiger partial charge in [-0.2, -0.15) is 0 Å². The number of carbonyl (C=O) groups excluding carboxylic acids is 2. The maximum atomic E-state index is 11.7. The van der Waals surface area contributed by atoms with Crippen molar-refractivity contribution in [2.24, 2.45) is 0 Å². The number of carbonyl (C=O) groups is 2. The zero-order chi connectivity index (χ0) is 12.3. The van der Waals surface area contributed by atoms with Gasteiger partial charge in [-0.25, -0.2) is 10.3 Å². The minimum atomic E-state index is -0.625. The van der Waals surface area contributed by atoms with Crippen molar-refractivity contribution < 1.29 is 19.5 Å². The average Bonchev–Trinajstić information content (AvgIpc) is 2.62. The van der Waals surface area contributed by atoms with Crippen molar-refractivity contribution in [2.75, 3.05) is 6.54 Å². The quantitative estimate of drug-likeness (QED) is 0.518. The Bertz CT molecular complexity index is 285. The normalized spacial score (nSPS) is 20.8. The van der Waals surface area contributed by atoms with Crippen LogP contribution in [0.15, 0.2) is 0 Å². The molecule has 0 spiro atoms. The highest BCUT2D eigenvalue weighted by atomic mass is 16.6. The fourth-order valence-electron chi connectivity index (χ4n) is 1.65. The summed E-state index contributed by atoms with van der Waals surface area (Å²) >= 11 is 0. The topological polar surface area (TPSA) is 78.9 Å². The van der Waals surface area contributed by atoms with Crippen LogP contribution in [0.1, 0.15) is 33.6 Å². The number of amides is 2. The number of hydroxylamine groups is 1. The fraction of sp³-hybridized carbons (Fsp3) is 0.800. The molecule has 1 aliphatic rings. The van der Waals surface area contributed by atoms with E-state index in [9.17, 15) is 9.59 Å². The Balaban J connectivity index is 2.65. The van der Waals surface area contributed by atoms with Gasteiger partial charge in [0.25, 0.3) is 5.91 Å². The minimum Gasteiger partial charge on any atom is -0.444 e. The second-order valence-electron chi connectivity index (χ2n) is 4.81. The summed E-state index contributed by atoms with van der Waals surface area (Å²) in [5.74, 6) is -0.566. The van der Waals surface area contributed by atoms with Gasteiger partial charge in [0.1, 0.15) is 11.6 Å². The van der Waals surface area contributed by atoms with Gasteiger partial charge in [0.15, 0.2) is 0 Å². The molecule has 0 aliphatic carbocycles. The molecule has 1 heterocycles. The van der Waals surface area contributed by atoms with Gasteiger partial charge < -0.3 is 4.74 Å². The van der Waals surface area contributed by atoms with Gasteiger partial charge in [0, 0.05) is 6.54 Å². The molecule has 1 fully saturated rings. The van der Waals surface area contributed by atoms with E-state index < -0.39 is 23.6 Å². The van der Waals surface area contributed by atoms with Crippen molar-refractivity contribution in [1.29, 1.82) is 0 Å². The molecule has 92 valence electrons. The predicted molar refractivity (Wildman–Crippen MR) is 55.9 cm³/mol. The molecule has 0 radical (unpaired) electrons. The Kier molecular flexibility index (Phi) is 3.74. The van der Waals surface area contributed by atoms with Crippen LogP contribution in [-0.2, 0) is 9.53 Å². The van der Waals surface area contributed by atoms with Crippen LogP contribution < -0.4 is 5.48 Å². The van der Waals surface area contributed by atoms with E-state index in [0.29, 0.717) is 13.0 Å². The summed E-state index contributed by atoms with van der Waals surface area (Å²) in [6, 6.07) is -0.625. The van der Waals surface area contributed by atoms with Crippen molar-refractivity contribution in [2.45, 2.75) is 45.3 Å². The zero-order valence-corrected chi connectivity index (χ0v) is 9.82. The molecule has 1 rings (SSSR count). The molecule has 0 aromatic rings. The third-order valence-corrected chi connectivity index (χ3v) is 2.29. The standard InChI is InChI=1S/C10H18N2O4/c1-10(2,3)16-9(14)12-6-4-5-7(12)8(13)11-15/h7,15H,4-6H2,1-3H3,(H,11,13). The van der Waals surface area contributed by atoms with Crippen LogP contribution in [0.2, 0.25) is 0 Å². The van der Waals surface area contributed by atoms with E-state index in [4.69, 9.17) is 9.94 Å². The maximum Gasteiger partial charge on any atom is 0.410 e. The van der Waals surface area contributed by atoms with E-state index in [0.717, 1.165) is 6.42 Å². The lowest BCUT2D eigenvalue weighted by Crippen LogP contribution is -2.46. The van der Waals surface area contributed by atoms with Crippen molar-refractivity contribution >= 4 is 12.0 Å². The van der Waals surface area contributed by atoms with Crippen molar-refractivity contribution in [3.8, 4) is 0 Å². The summed E-state index contributed by atoms with van der Waals surface area (Å²) in [7, 11) is 0. The van der Waals surface area contributed by atoms with E-state index in [1.807, 2.05) is 0 Å². The summed E-state index contributed by atoms with van der Waals surface area (Å²) in [4.78, 5) is 24.4. The first-order chi connectivity index (χ1) is 7.35. The van der Waals surface area contributed by atoms with E-state index >= 15 is 0 Å². The van der Waals surface area contributed by atoms with Crippen molar-refractivity contribution in [3.05, 3.63) is 0 Å². The monoisotopic (exact) mass is 230 g/mol. The van der Waals surface area contributed by atoms with Gasteiger partial charge in [-0.3, -0.25) is 14.9 Å². The molecule has 1 atom stereocenters. The van der Waals surface area contributed by atoms with Gasteiger partial charge in [-0.15, -0.1) is 0 Å². The molecule has 16 heavy (non-hydrogen) atoms. The van der Waals surface area contributed by atoms with Gasteiger partial charge in [0.2, 0.25) is 0 Å². The van der Waals surface area contributed by atoms with E-state index in [1.165, 1.54) is 4.90 Å². The first-order valence-electron chi connectivity index (χ1n) is 5.29. The van der Waals surface area contributed by atoms with Gasteiger partial charge in [-0.1, -0.05) is 0 Å². The first kappa shape index (κ1) is 12.8. The number of likely N-dealkylation sites (tertiary alicyclic amines) is 1. The van der Waals surface area contributed by atoms with Crippen LogP contribution in [-0.4, -0.2) is 40.3 Å². The van der Waals surface area contributed by atoms with E-state index in [-0.39, 0.29) is 0 Å². The number of hydrogen-bond donors (Lipinski definition) is 2. The van der Waals surface area contributed by atoms with Crippen LogP contribution in [0.25, 0.3) is 0 Å². The first-order valence-corrected chi connectivity index (χ1v) is 5.29. The molecule has 0 bridgehead atoms. The average molecular weight is 230 g/mol. The number of hydrogen-bond acceptors (Lipinski definition) is 4. The molecule has 1 saturated heterocycles. The molecule has 2 amide bonds. The van der Waals surface area contributed by atoms with Crippen molar-refractivity contribution in [3.63, 3.8) is 0 Å². The number of ether oxygens (including phenoxy) is 1. The van der Waals surface area contributed by atoms with Crippen LogP contribution >= 0.6 is 0 Å². The minimum absolute atomic E-state index is 0.479. The lowest BCUT2D eigenvalue weighted by molar-refractivity contribution is -0.133. The highest BCUT2D eigenvalue weighted by molar-refractivity contribution is 5.85. The fourth-order valence-corrected chi connectivity index (χ4v) is 1.65. The van der Waals surface area contributed by atoms with Crippen LogP contribution in [0.3, 0.4) is 0 Å². The Hall–Kier alpha value is -1.30. The van der Waals surface area contributed by atoms with Crippen LogP contribution in [0.5, 0.6) is 0 Å². The lowest BCUT2D eigenvalue weighted by Gasteiger charge is -2.27. The second kappa shape index (κ2) is 4.69. The molecule has 1 unspecified atom stereocenters. The molecule has 0 aromatic carbocycles. The molecule has 6 nitrogen and oxygen atoms in total. The molecule has 2 N–H and O–H groups in total. The summed E-state index contributed by atoms with van der Waals surface area (Å²) in [5.41, 5.74) is 0.983. The number of rotatable bonds is 1. The van der Waals surface area contributed by atoms with Gasteiger partial charge in [-0.05, 0) is 33.6 Å². The van der Waals surface area contributed by atoms with Crippen LogP contribution in [0.4, 0.5) is 4.79 Å². The SMILES string of the molecule is CC(C)(C)OC(=O)N1CCCC1C(=O)NO. The molecule has 0 aromatic heterocycles. The molecule has 6 heteroatoms. The number of nitrogens with one attached hydrogen (secondary N) is 1. The van der Waals surface area contributed by atoms with Crippen LogP contribution in [0, 0.1) is 0 Å². The summed E-state index contributed by atoms with van der Waals surface area (Å²) < 4.78 is 5.17. The zero-order valence-electron chi connectivity index (χ0n) is 9.82. The highest BCUT2D eigenvalue weighted by Gasteiger charge is 2.36. The summed E-state index contributed by atoms with van der Waals surface area (Å²) in [5, 5.41) is 8.55. The third kappa shape index (κ3) is 3.10. The predicted octanol–water partition coefficient (Wildman–Crippen LogP) is 0.891.